The van der Waals surface area contributed by atoms with Gasteiger partial charge in [-0.1, -0.05) is 0 Å². The molecular weight excluding hydrogens is 304 g/mol. The zero-order valence-corrected chi connectivity index (χ0v) is 11.4. The predicted molar refractivity (Wildman–Crippen MR) is 78.5 cm³/mol. The number of benzene rings is 2. The summed E-state index contributed by atoms with van der Waals surface area (Å²) in [5.74, 6) is 0.404. The Labute approximate surface area is 128 Å². The van der Waals surface area contributed by atoms with Gasteiger partial charge in [0.1, 0.15) is 0 Å². The van der Waals surface area contributed by atoms with Crippen molar-refractivity contribution < 1.29 is 14.3 Å². The number of nitro benzene ring substituents is 2. The second kappa shape index (κ2) is 5.64. The fourth-order valence-electron chi connectivity index (χ4n) is 1.91. The summed E-state index contributed by atoms with van der Waals surface area (Å²) in [7, 11) is 0. The number of rotatable bonds is 4. The van der Waals surface area contributed by atoms with E-state index < -0.39 is 9.85 Å². The van der Waals surface area contributed by atoms with E-state index in [0.717, 1.165) is 0 Å². The van der Waals surface area contributed by atoms with Crippen molar-refractivity contribution in [3.05, 3.63) is 68.8 Å². The van der Waals surface area contributed by atoms with Crippen LogP contribution in [0.3, 0.4) is 0 Å². The second-order valence-corrected chi connectivity index (χ2v) is 4.52. The van der Waals surface area contributed by atoms with Crippen LogP contribution in [0.5, 0.6) is 0 Å². The topological polar surface area (TPSA) is 125 Å². The Balaban J connectivity index is 1.87. The molecule has 0 fully saturated rings. The van der Waals surface area contributed by atoms with E-state index >= 15 is 0 Å². The molecule has 0 atom stereocenters. The number of non-ortho nitro benzene ring substituents is 2. The third-order valence-corrected chi connectivity index (χ3v) is 3.08. The molecule has 0 saturated carbocycles. The van der Waals surface area contributed by atoms with Crippen LogP contribution in [-0.2, 0) is 0 Å². The molecule has 0 unspecified atom stereocenters. The van der Waals surface area contributed by atoms with Crippen molar-refractivity contribution >= 4 is 11.4 Å². The lowest BCUT2D eigenvalue weighted by atomic mass is 10.2. The van der Waals surface area contributed by atoms with Gasteiger partial charge in [0, 0.05) is 35.4 Å². The molecule has 0 spiro atoms. The Morgan fingerprint density at radius 3 is 1.35 bits per heavy atom. The number of nitro groups is 2. The summed E-state index contributed by atoms with van der Waals surface area (Å²) >= 11 is 0. The lowest BCUT2D eigenvalue weighted by Gasteiger charge is -1.96. The van der Waals surface area contributed by atoms with Gasteiger partial charge in [-0.25, -0.2) is 0 Å². The number of hydrogen-bond acceptors (Lipinski definition) is 7. The zero-order chi connectivity index (χ0) is 16.4. The van der Waals surface area contributed by atoms with E-state index in [9.17, 15) is 20.2 Å². The highest BCUT2D eigenvalue weighted by Gasteiger charge is 2.13. The van der Waals surface area contributed by atoms with Gasteiger partial charge in [-0.05, 0) is 24.3 Å². The van der Waals surface area contributed by atoms with Crippen LogP contribution in [0.1, 0.15) is 0 Å². The average Bonchev–Trinajstić information content (AvgIpc) is 3.05. The molecule has 9 heteroatoms. The molecule has 0 radical (unpaired) electrons. The van der Waals surface area contributed by atoms with E-state index in [0.29, 0.717) is 11.1 Å². The van der Waals surface area contributed by atoms with Gasteiger partial charge >= 0.3 is 0 Å². The smallest absolute Gasteiger partial charge is 0.269 e. The van der Waals surface area contributed by atoms with Gasteiger partial charge in [-0.3, -0.25) is 20.2 Å². The van der Waals surface area contributed by atoms with E-state index in [4.69, 9.17) is 4.42 Å². The van der Waals surface area contributed by atoms with Gasteiger partial charge in [0.15, 0.2) is 0 Å². The van der Waals surface area contributed by atoms with Crippen LogP contribution in [-0.4, -0.2) is 20.0 Å². The van der Waals surface area contributed by atoms with Crippen molar-refractivity contribution in [2.45, 2.75) is 0 Å². The molecule has 114 valence electrons. The molecule has 23 heavy (non-hydrogen) atoms. The van der Waals surface area contributed by atoms with E-state index in [-0.39, 0.29) is 23.2 Å². The van der Waals surface area contributed by atoms with Crippen LogP contribution in [0.2, 0.25) is 0 Å². The lowest BCUT2D eigenvalue weighted by molar-refractivity contribution is -0.385. The first kappa shape index (κ1) is 14.3. The molecular formula is C14H8N4O5. The maximum absolute atomic E-state index is 10.6. The first-order chi connectivity index (χ1) is 11.0. The van der Waals surface area contributed by atoms with Gasteiger partial charge in [0.25, 0.3) is 11.4 Å². The van der Waals surface area contributed by atoms with Crippen molar-refractivity contribution in [2.24, 2.45) is 0 Å². The SMILES string of the molecule is O=[N+]([O-])c1ccc(-c2nnc(-c3ccc([N+](=O)[O-])cc3)o2)cc1. The molecule has 2 aromatic carbocycles. The maximum atomic E-state index is 10.6. The molecule has 0 saturated heterocycles. The average molecular weight is 312 g/mol. The summed E-state index contributed by atoms with van der Waals surface area (Å²) in [4.78, 5) is 20.2. The zero-order valence-electron chi connectivity index (χ0n) is 11.4. The molecule has 0 amide bonds. The molecule has 3 rings (SSSR count). The summed E-state index contributed by atoms with van der Waals surface area (Å²) in [5, 5.41) is 29.0. The van der Waals surface area contributed by atoms with E-state index in [1.54, 1.807) is 0 Å². The second-order valence-electron chi connectivity index (χ2n) is 4.52. The van der Waals surface area contributed by atoms with Crippen molar-refractivity contribution in [1.29, 1.82) is 0 Å². The van der Waals surface area contributed by atoms with Crippen molar-refractivity contribution in [3.8, 4) is 22.9 Å². The monoisotopic (exact) mass is 312 g/mol. The van der Waals surface area contributed by atoms with Crippen molar-refractivity contribution in [1.82, 2.24) is 10.2 Å². The van der Waals surface area contributed by atoms with Crippen LogP contribution in [0.25, 0.3) is 22.9 Å². The normalized spacial score (nSPS) is 10.4. The fourth-order valence-corrected chi connectivity index (χ4v) is 1.91. The Morgan fingerprint density at radius 2 is 1.04 bits per heavy atom. The highest BCUT2D eigenvalue weighted by molar-refractivity contribution is 5.60. The number of aromatic nitrogens is 2. The molecule has 0 aliphatic carbocycles. The summed E-state index contributed by atoms with van der Waals surface area (Å²) < 4.78 is 5.49. The molecule has 9 nitrogen and oxygen atoms in total. The van der Waals surface area contributed by atoms with Gasteiger partial charge in [-0.2, -0.15) is 0 Å². The minimum atomic E-state index is -0.500. The first-order valence-corrected chi connectivity index (χ1v) is 6.38. The van der Waals surface area contributed by atoms with Gasteiger partial charge < -0.3 is 4.42 Å². The molecule has 0 N–H and O–H groups in total. The fraction of sp³-hybridized carbons (Fsp3) is 0. The van der Waals surface area contributed by atoms with Crippen LogP contribution < -0.4 is 0 Å². The van der Waals surface area contributed by atoms with Crippen molar-refractivity contribution in [3.63, 3.8) is 0 Å². The highest BCUT2D eigenvalue weighted by Crippen LogP contribution is 2.26. The van der Waals surface area contributed by atoms with Crippen molar-refractivity contribution in [2.75, 3.05) is 0 Å². The van der Waals surface area contributed by atoms with E-state index in [1.165, 1.54) is 48.5 Å². The summed E-state index contributed by atoms with van der Waals surface area (Å²) in [6, 6.07) is 11.4. The lowest BCUT2D eigenvalue weighted by Crippen LogP contribution is -1.87. The van der Waals surface area contributed by atoms with Gasteiger partial charge in [-0.15, -0.1) is 10.2 Å². The number of hydrogen-bond donors (Lipinski definition) is 0. The molecule has 1 aromatic heterocycles. The summed E-state index contributed by atoms with van der Waals surface area (Å²) in [5.41, 5.74) is 1.00. The first-order valence-electron chi connectivity index (χ1n) is 6.38. The predicted octanol–water partition coefficient (Wildman–Crippen LogP) is 3.22. The Hall–Kier alpha value is -3.62. The van der Waals surface area contributed by atoms with Crippen LogP contribution in [0, 0.1) is 20.2 Å². The largest absolute Gasteiger partial charge is 0.416 e. The van der Waals surface area contributed by atoms with E-state index in [2.05, 4.69) is 10.2 Å². The number of nitrogens with zero attached hydrogens (tertiary/aromatic N) is 4. The van der Waals surface area contributed by atoms with Crippen LogP contribution in [0.15, 0.2) is 52.9 Å². The molecule has 1 heterocycles. The van der Waals surface area contributed by atoms with Gasteiger partial charge in [0.05, 0.1) is 9.85 Å². The summed E-state index contributed by atoms with van der Waals surface area (Å²) in [6.45, 7) is 0. The third kappa shape index (κ3) is 2.88. The minimum absolute atomic E-state index is 0.0381. The molecule has 0 aliphatic heterocycles. The standard InChI is InChI=1S/C14H8N4O5/c19-17(20)11-5-1-9(2-6-11)13-15-16-14(23-13)10-3-7-12(8-4-10)18(21)22/h1-8H. The Kier molecular flexibility index (Phi) is 3.51. The molecule has 0 aliphatic rings. The molecule has 0 bridgehead atoms. The highest BCUT2D eigenvalue weighted by atomic mass is 16.6. The minimum Gasteiger partial charge on any atom is -0.416 e. The third-order valence-electron chi connectivity index (χ3n) is 3.08. The van der Waals surface area contributed by atoms with Crippen LogP contribution in [0.4, 0.5) is 11.4 Å². The maximum Gasteiger partial charge on any atom is 0.269 e. The van der Waals surface area contributed by atoms with E-state index in [1.807, 2.05) is 0 Å². The quantitative estimate of drug-likeness (QED) is 0.534. The Bertz CT molecular complexity index is 799. The van der Waals surface area contributed by atoms with Gasteiger partial charge in [0.2, 0.25) is 11.8 Å². The van der Waals surface area contributed by atoms with Crippen LogP contribution >= 0.6 is 0 Å². The molecule has 3 aromatic rings. The Morgan fingerprint density at radius 1 is 0.696 bits per heavy atom. The summed E-state index contributed by atoms with van der Waals surface area (Å²) in [6.07, 6.45) is 0.